The summed E-state index contributed by atoms with van der Waals surface area (Å²) in [6.45, 7) is 2.21. The van der Waals surface area contributed by atoms with E-state index in [2.05, 4.69) is 45.1 Å². The van der Waals surface area contributed by atoms with Crippen LogP contribution in [0, 0.1) is 0 Å². The summed E-state index contributed by atoms with van der Waals surface area (Å²) in [4.78, 5) is 4.29. The summed E-state index contributed by atoms with van der Waals surface area (Å²) in [5.74, 6) is 1.68. The third-order valence-electron chi connectivity index (χ3n) is 4.44. The van der Waals surface area contributed by atoms with Crippen LogP contribution in [-0.2, 0) is 19.5 Å². The molecule has 0 atom stereocenters. The molecular weight excluding hydrogens is 350 g/mol. The predicted octanol–water partition coefficient (Wildman–Crippen LogP) is 2.85. The number of rotatable bonds is 8. The standard InChI is InChI=1S/C22H27N5O/c1-23-22(24-13-12-20-10-6-7-11-21(20)28-2)25-14-19-15-26-27(17-19)16-18-8-4-3-5-9-18/h3-11,15,17H,12-14,16H2,1-2H3,(H2,23,24,25). The van der Waals surface area contributed by atoms with Gasteiger partial charge in [-0.15, -0.1) is 0 Å². The maximum absolute atomic E-state index is 5.40. The predicted molar refractivity (Wildman–Crippen MR) is 113 cm³/mol. The molecule has 0 amide bonds. The van der Waals surface area contributed by atoms with E-state index in [1.807, 2.05) is 47.3 Å². The van der Waals surface area contributed by atoms with E-state index in [0.29, 0.717) is 6.54 Å². The Balaban J connectivity index is 1.45. The average Bonchev–Trinajstić information content (AvgIpc) is 3.18. The second-order valence-corrected chi connectivity index (χ2v) is 6.45. The van der Waals surface area contributed by atoms with E-state index in [1.165, 1.54) is 11.1 Å². The Kier molecular flexibility index (Phi) is 7.07. The SMILES string of the molecule is CN=C(NCCc1ccccc1OC)NCc1cnn(Cc2ccccc2)c1. The number of hydrogen-bond donors (Lipinski definition) is 2. The van der Waals surface area contributed by atoms with Crippen molar-refractivity contribution in [1.82, 2.24) is 20.4 Å². The van der Waals surface area contributed by atoms with Crippen LogP contribution in [0.15, 0.2) is 72.0 Å². The van der Waals surface area contributed by atoms with Crippen LogP contribution in [0.3, 0.4) is 0 Å². The van der Waals surface area contributed by atoms with Crippen molar-refractivity contribution in [3.8, 4) is 5.75 Å². The molecule has 0 aliphatic heterocycles. The Morgan fingerprint density at radius 2 is 1.82 bits per heavy atom. The molecule has 28 heavy (non-hydrogen) atoms. The van der Waals surface area contributed by atoms with E-state index in [0.717, 1.165) is 36.8 Å². The molecule has 3 aromatic rings. The Morgan fingerprint density at radius 3 is 2.61 bits per heavy atom. The fourth-order valence-electron chi connectivity index (χ4n) is 2.99. The normalized spacial score (nSPS) is 11.3. The van der Waals surface area contributed by atoms with Gasteiger partial charge in [-0.05, 0) is 23.6 Å². The van der Waals surface area contributed by atoms with Crippen LogP contribution in [0.5, 0.6) is 5.75 Å². The number of para-hydroxylation sites is 1. The van der Waals surface area contributed by atoms with E-state index in [4.69, 9.17) is 4.74 Å². The van der Waals surface area contributed by atoms with E-state index >= 15 is 0 Å². The van der Waals surface area contributed by atoms with Gasteiger partial charge in [-0.3, -0.25) is 9.67 Å². The fraction of sp³-hybridized carbons (Fsp3) is 0.273. The molecule has 0 radical (unpaired) electrons. The quantitative estimate of drug-likeness (QED) is 0.468. The molecule has 0 saturated carbocycles. The molecule has 0 saturated heterocycles. The number of methoxy groups -OCH3 is 1. The molecular formula is C22H27N5O. The van der Waals surface area contributed by atoms with Gasteiger partial charge in [0.25, 0.3) is 0 Å². The van der Waals surface area contributed by atoms with Crippen LogP contribution in [0.4, 0.5) is 0 Å². The molecule has 146 valence electrons. The number of guanidine groups is 1. The molecule has 0 spiro atoms. The molecule has 6 heteroatoms. The summed E-state index contributed by atoms with van der Waals surface area (Å²) in [5, 5.41) is 11.1. The molecule has 1 heterocycles. The van der Waals surface area contributed by atoms with Crippen molar-refractivity contribution in [1.29, 1.82) is 0 Å². The molecule has 2 N–H and O–H groups in total. The zero-order valence-electron chi connectivity index (χ0n) is 16.4. The first kappa shape index (κ1) is 19.5. The van der Waals surface area contributed by atoms with Crippen LogP contribution in [0.2, 0.25) is 0 Å². The Labute approximate surface area is 166 Å². The summed E-state index contributed by atoms with van der Waals surface area (Å²) in [7, 11) is 3.47. The molecule has 0 fully saturated rings. The molecule has 2 aromatic carbocycles. The first-order valence-corrected chi connectivity index (χ1v) is 9.40. The third kappa shape index (κ3) is 5.61. The van der Waals surface area contributed by atoms with Crippen LogP contribution < -0.4 is 15.4 Å². The number of benzene rings is 2. The zero-order valence-corrected chi connectivity index (χ0v) is 16.4. The number of nitrogens with zero attached hydrogens (tertiary/aromatic N) is 3. The van der Waals surface area contributed by atoms with E-state index in [9.17, 15) is 0 Å². The highest BCUT2D eigenvalue weighted by Gasteiger charge is 2.04. The first-order valence-electron chi connectivity index (χ1n) is 9.40. The number of aromatic nitrogens is 2. The van der Waals surface area contributed by atoms with Crippen molar-refractivity contribution in [2.75, 3.05) is 20.7 Å². The topological polar surface area (TPSA) is 63.5 Å². The van der Waals surface area contributed by atoms with Crippen molar-refractivity contribution in [3.63, 3.8) is 0 Å². The highest BCUT2D eigenvalue weighted by Crippen LogP contribution is 2.17. The minimum absolute atomic E-state index is 0.670. The van der Waals surface area contributed by atoms with Crippen LogP contribution in [0.1, 0.15) is 16.7 Å². The lowest BCUT2D eigenvalue weighted by Crippen LogP contribution is -2.37. The summed E-state index contributed by atoms with van der Waals surface area (Å²) in [6, 6.07) is 18.4. The van der Waals surface area contributed by atoms with Gasteiger partial charge in [-0.1, -0.05) is 48.5 Å². The summed E-state index contributed by atoms with van der Waals surface area (Å²) in [5.41, 5.74) is 3.53. The van der Waals surface area contributed by atoms with Crippen molar-refractivity contribution in [3.05, 3.63) is 83.7 Å². The number of aliphatic imine (C=N–C) groups is 1. The van der Waals surface area contributed by atoms with Gasteiger partial charge in [0.1, 0.15) is 5.75 Å². The molecule has 0 unspecified atom stereocenters. The Bertz CT molecular complexity index is 889. The average molecular weight is 377 g/mol. The van der Waals surface area contributed by atoms with Crippen molar-refractivity contribution < 1.29 is 4.74 Å². The van der Waals surface area contributed by atoms with Crippen molar-refractivity contribution in [2.24, 2.45) is 4.99 Å². The highest BCUT2D eigenvalue weighted by atomic mass is 16.5. The van der Waals surface area contributed by atoms with Gasteiger partial charge in [-0.2, -0.15) is 5.10 Å². The lowest BCUT2D eigenvalue weighted by molar-refractivity contribution is 0.409. The summed E-state index contributed by atoms with van der Waals surface area (Å²) < 4.78 is 7.35. The van der Waals surface area contributed by atoms with Crippen LogP contribution >= 0.6 is 0 Å². The molecule has 6 nitrogen and oxygen atoms in total. The molecule has 3 rings (SSSR count). The van der Waals surface area contributed by atoms with E-state index in [1.54, 1.807) is 14.2 Å². The third-order valence-corrected chi connectivity index (χ3v) is 4.44. The lowest BCUT2D eigenvalue weighted by atomic mass is 10.1. The number of hydrogen-bond acceptors (Lipinski definition) is 3. The maximum Gasteiger partial charge on any atom is 0.191 e. The van der Waals surface area contributed by atoms with Gasteiger partial charge in [0.05, 0.1) is 19.9 Å². The lowest BCUT2D eigenvalue weighted by Gasteiger charge is -2.12. The van der Waals surface area contributed by atoms with Crippen LogP contribution in [-0.4, -0.2) is 36.4 Å². The second kappa shape index (κ2) is 10.2. The monoisotopic (exact) mass is 377 g/mol. The second-order valence-electron chi connectivity index (χ2n) is 6.45. The summed E-state index contributed by atoms with van der Waals surface area (Å²) in [6.07, 6.45) is 4.81. The van der Waals surface area contributed by atoms with Crippen molar-refractivity contribution in [2.45, 2.75) is 19.5 Å². The van der Waals surface area contributed by atoms with E-state index in [-0.39, 0.29) is 0 Å². The molecule has 0 aliphatic rings. The van der Waals surface area contributed by atoms with Gasteiger partial charge in [-0.25, -0.2) is 0 Å². The largest absolute Gasteiger partial charge is 0.496 e. The fourth-order valence-corrected chi connectivity index (χ4v) is 2.99. The van der Waals surface area contributed by atoms with Gasteiger partial charge in [0.15, 0.2) is 5.96 Å². The molecule has 0 aliphatic carbocycles. The smallest absolute Gasteiger partial charge is 0.191 e. The molecule has 1 aromatic heterocycles. The van der Waals surface area contributed by atoms with E-state index < -0.39 is 0 Å². The minimum Gasteiger partial charge on any atom is -0.496 e. The minimum atomic E-state index is 0.670. The van der Waals surface area contributed by atoms with Gasteiger partial charge < -0.3 is 15.4 Å². The van der Waals surface area contributed by atoms with Gasteiger partial charge in [0.2, 0.25) is 0 Å². The Morgan fingerprint density at radius 1 is 1.04 bits per heavy atom. The Hall–Kier alpha value is -3.28. The van der Waals surface area contributed by atoms with Gasteiger partial charge in [0, 0.05) is 31.9 Å². The van der Waals surface area contributed by atoms with Crippen molar-refractivity contribution >= 4 is 5.96 Å². The zero-order chi connectivity index (χ0) is 19.6. The van der Waals surface area contributed by atoms with Crippen LogP contribution in [0.25, 0.3) is 0 Å². The van der Waals surface area contributed by atoms with Gasteiger partial charge >= 0.3 is 0 Å². The molecule has 0 bridgehead atoms. The highest BCUT2D eigenvalue weighted by molar-refractivity contribution is 5.79. The summed E-state index contributed by atoms with van der Waals surface area (Å²) >= 11 is 0. The number of ether oxygens (including phenoxy) is 1. The number of nitrogens with one attached hydrogen (secondary N) is 2. The maximum atomic E-state index is 5.40. The first-order chi connectivity index (χ1) is 13.8.